The molecule has 0 bridgehead atoms. The summed E-state index contributed by atoms with van der Waals surface area (Å²) in [6, 6.07) is 0. The second-order valence-electron chi connectivity index (χ2n) is 4.46. The monoisotopic (exact) mass is 256 g/mol. The molecule has 0 fully saturated rings. The quantitative estimate of drug-likeness (QED) is 0.873. The van der Waals surface area contributed by atoms with Crippen LogP contribution < -0.4 is 0 Å². The lowest BCUT2D eigenvalue weighted by Crippen LogP contribution is -2.14. The predicted molar refractivity (Wildman–Crippen MR) is 67.8 cm³/mol. The Bertz CT molecular complexity index is 437. The van der Waals surface area contributed by atoms with Crippen molar-refractivity contribution in [1.29, 1.82) is 0 Å². The smallest absolute Gasteiger partial charge is 0.306 e. The minimum atomic E-state index is -0.828. The number of phenols is 1. The third-order valence-electron chi connectivity index (χ3n) is 3.29. The molecule has 0 aliphatic carbocycles. The van der Waals surface area contributed by atoms with Crippen LogP contribution in [0.4, 0.5) is 0 Å². The summed E-state index contributed by atoms with van der Waals surface area (Å²) in [5, 5.41) is 19.0. The maximum Gasteiger partial charge on any atom is 0.306 e. The van der Waals surface area contributed by atoms with Gasteiger partial charge in [-0.05, 0) is 49.4 Å². The highest BCUT2D eigenvalue weighted by Gasteiger charge is 2.19. The van der Waals surface area contributed by atoms with E-state index in [1.165, 1.54) is 0 Å². The number of benzene rings is 1. The number of carboxylic acid groups (broad SMARTS) is 1. The van der Waals surface area contributed by atoms with Crippen molar-refractivity contribution < 1.29 is 15.0 Å². The lowest BCUT2D eigenvalue weighted by molar-refractivity contribution is -0.141. The van der Waals surface area contributed by atoms with E-state index in [9.17, 15) is 9.90 Å². The molecule has 1 unspecified atom stereocenters. The number of hydrogen-bond donors (Lipinski definition) is 2. The van der Waals surface area contributed by atoms with Crippen molar-refractivity contribution in [3.8, 4) is 5.75 Å². The van der Waals surface area contributed by atoms with Crippen LogP contribution in [0.3, 0.4) is 0 Å². The predicted octanol–water partition coefficient (Wildman–Crippen LogP) is 3.23. The van der Waals surface area contributed by atoms with Crippen molar-refractivity contribution in [2.75, 3.05) is 0 Å². The molecular formula is C13H17ClO3. The average molecular weight is 257 g/mol. The third-order valence-corrected chi connectivity index (χ3v) is 3.75. The Morgan fingerprint density at radius 3 is 2.24 bits per heavy atom. The van der Waals surface area contributed by atoms with E-state index in [-0.39, 0.29) is 5.75 Å². The molecule has 17 heavy (non-hydrogen) atoms. The molecule has 0 aliphatic heterocycles. The average Bonchev–Trinajstić information content (AvgIpc) is 2.29. The van der Waals surface area contributed by atoms with Crippen LogP contribution in [0.2, 0.25) is 5.02 Å². The van der Waals surface area contributed by atoms with E-state index >= 15 is 0 Å². The van der Waals surface area contributed by atoms with Gasteiger partial charge in [-0.2, -0.15) is 0 Å². The van der Waals surface area contributed by atoms with Crippen LogP contribution >= 0.6 is 11.6 Å². The van der Waals surface area contributed by atoms with Crippen LogP contribution in [0.25, 0.3) is 0 Å². The maximum absolute atomic E-state index is 10.9. The third kappa shape index (κ3) is 2.55. The highest BCUT2D eigenvalue weighted by Crippen LogP contribution is 2.36. The lowest BCUT2D eigenvalue weighted by Gasteiger charge is -2.17. The Morgan fingerprint density at radius 1 is 1.24 bits per heavy atom. The van der Waals surface area contributed by atoms with Gasteiger partial charge in [0.15, 0.2) is 0 Å². The molecule has 0 aliphatic rings. The Morgan fingerprint density at radius 2 is 1.76 bits per heavy atom. The molecule has 0 saturated heterocycles. The summed E-state index contributed by atoms with van der Waals surface area (Å²) in [6.07, 6.45) is 0.424. The highest BCUT2D eigenvalue weighted by molar-refractivity contribution is 6.33. The van der Waals surface area contributed by atoms with E-state index < -0.39 is 11.9 Å². The molecule has 3 nitrogen and oxygen atoms in total. The van der Waals surface area contributed by atoms with Crippen molar-refractivity contribution in [3.05, 3.63) is 27.3 Å². The van der Waals surface area contributed by atoms with Crippen LogP contribution in [0.1, 0.15) is 29.2 Å². The van der Waals surface area contributed by atoms with Crippen LogP contribution in [0.5, 0.6) is 5.75 Å². The Balaban J connectivity index is 3.30. The molecule has 0 radical (unpaired) electrons. The summed E-state index contributed by atoms with van der Waals surface area (Å²) in [6.45, 7) is 7.13. The second kappa shape index (κ2) is 4.96. The van der Waals surface area contributed by atoms with Crippen molar-refractivity contribution in [2.24, 2.45) is 5.92 Å². The first-order valence-electron chi connectivity index (χ1n) is 5.47. The number of rotatable bonds is 3. The topological polar surface area (TPSA) is 57.5 Å². The zero-order valence-electron chi connectivity index (χ0n) is 10.5. The number of halogens is 1. The van der Waals surface area contributed by atoms with Crippen LogP contribution in [-0.2, 0) is 11.2 Å². The van der Waals surface area contributed by atoms with Crippen LogP contribution in [-0.4, -0.2) is 16.2 Å². The van der Waals surface area contributed by atoms with Gasteiger partial charge in [-0.25, -0.2) is 0 Å². The van der Waals surface area contributed by atoms with Gasteiger partial charge in [0, 0.05) is 0 Å². The number of carboxylic acids is 1. The van der Waals surface area contributed by atoms with E-state index in [4.69, 9.17) is 16.7 Å². The molecule has 94 valence electrons. The van der Waals surface area contributed by atoms with Crippen molar-refractivity contribution in [2.45, 2.75) is 34.1 Å². The zero-order chi connectivity index (χ0) is 13.3. The number of hydrogen-bond acceptors (Lipinski definition) is 2. The SMILES string of the molecule is Cc1c(C)c(CC(C)C(=O)O)c(C)c(Cl)c1O. The van der Waals surface area contributed by atoms with Crippen molar-refractivity contribution in [3.63, 3.8) is 0 Å². The fourth-order valence-electron chi connectivity index (χ4n) is 1.86. The summed E-state index contributed by atoms with van der Waals surface area (Å²) in [7, 11) is 0. The molecule has 0 spiro atoms. The summed E-state index contributed by atoms with van der Waals surface area (Å²) < 4.78 is 0. The first-order chi connectivity index (χ1) is 7.77. The van der Waals surface area contributed by atoms with Crippen LogP contribution in [0.15, 0.2) is 0 Å². The largest absolute Gasteiger partial charge is 0.506 e. The summed E-state index contributed by atoms with van der Waals surface area (Å²) in [4.78, 5) is 10.9. The number of aromatic hydroxyl groups is 1. The Kier molecular flexibility index (Phi) is 4.04. The molecule has 0 aromatic heterocycles. The van der Waals surface area contributed by atoms with Gasteiger partial charge in [-0.1, -0.05) is 18.5 Å². The normalized spacial score (nSPS) is 12.5. The van der Waals surface area contributed by atoms with Crippen molar-refractivity contribution >= 4 is 17.6 Å². The molecule has 0 amide bonds. The fourth-order valence-corrected chi connectivity index (χ4v) is 2.12. The van der Waals surface area contributed by atoms with E-state index in [0.29, 0.717) is 17.0 Å². The molecule has 0 saturated carbocycles. The summed E-state index contributed by atoms with van der Waals surface area (Å²) >= 11 is 6.03. The lowest BCUT2D eigenvalue weighted by atomic mass is 9.90. The molecule has 0 heterocycles. The van der Waals surface area contributed by atoms with E-state index in [1.807, 2.05) is 6.92 Å². The van der Waals surface area contributed by atoms with Gasteiger partial charge < -0.3 is 10.2 Å². The maximum atomic E-state index is 10.9. The van der Waals surface area contributed by atoms with Gasteiger partial charge in [0.25, 0.3) is 0 Å². The van der Waals surface area contributed by atoms with Gasteiger partial charge in [0.2, 0.25) is 0 Å². The highest BCUT2D eigenvalue weighted by atomic mass is 35.5. The van der Waals surface area contributed by atoms with Gasteiger partial charge >= 0.3 is 5.97 Å². The zero-order valence-corrected chi connectivity index (χ0v) is 11.2. The number of aliphatic carboxylic acids is 1. The molecule has 1 atom stereocenters. The molecule has 1 aromatic rings. The van der Waals surface area contributed by atoms with Gasteiger partial charge in [0.05, 0.1) is 10.9 Å². The minimum absolute atomic E-state index is 0.0911. The second-order valence-corrected chi connectivity index (χ2v) is 4.84. The Labute approximate surface area is 106 Å². The van der Waals surface area contributed by atoms with E-state index in [0.717, 1.165) is 16.7 Å². The van der Waals surface area contributed by atoms with E-state index in [2.05, 4.69) is 0 Å². The number of phenolic OH excluding ortho intramolecular Hbond substituents is 1. The summed E-state index contributed by atoms with van der Waals surface area (Å²) in [5.74, 6) is -1.20. The molecule has 4 heteroatoms. The minimum Gasteiger partial charge on any atom is -0.506 e. The van der Waals surface area contributed by atoms with Gasteiger partial charge in [-0.3, -0.25) is 4.79 Å². The fraction of sp³-hybridized carbons (Fsp3) is 0.462. The van der Waals surface area contributed by atoms with Gasteiger partial charge in [-0.15, -0.1) is 0 Å². The number of carbonyl (C=O) groups is 1. The van der Waals surface area contributed by atoms with Gasteiger partial charge in [0.1, 0.15) is 5.75 Å². The molecule has 1 aromatic carbocycles. The Hall–Kier alpha value is -1.22. The molecular weight excluding hydrogens is 240 g/mol. The first kappa shape index (κ1) is 13.8. The summed E-state index contributed by atoms with van der Waals surface area (Å²) in [5.41, 5.74) is 3.31. The van der Waals surface area contributed by atoms with Crippen LogP contribution in [0, 0.1) is 26.7 Å². The molecule has 1 rings (SSSR count). The standard InChI is InChI=1S/C13H17ClO3/c1-6(13(16)17)5-10-7(2)8(3)12(15)11(14)9(10)4/h6,15H,5H2,1-4H3,(H,16,17). The molecule has 2 N–H and O–H groups in total. The van der Waals surface area contributed by atoms with Crippen molar-refractivity contribution in [1.82, 2.24) is 0 Å². The van der Waals surface area contributed by atoms with E-state index in [1.54, 1.807) is 20.8 Å². The first-order valence-corrected chi connectivity index (χ1v) is 5.85.